The van der Waals surface area contributed by atoms with Gasteiger partial charge in [-0.15, -0.1) is 11.3 Å². The Hall–Kier alpha value is -0.450. The number of hydrogen-bond donors (Lipinski definition) is 2. The second kappa shape index (κ2) is 6.11. The van der Waals surface area contributed by atoms with Crippen LogP contribution in [0.15, 0.2) is 5.38 Å². The van der Waals surface area contributed by atoms with E-state index >= 15 is 0 Å². The van der Waals surface area contributed by atoms with Crippen LogP contribution in [0.2, 0.25) is 0 Å². The molecule has 1 aromatic heterocycles. The van der Waals surface area contributed by atoms with Gasteiger partial charge in [0, 0.05) is 24.6 Å². The zero-order valence-corrected chi connectivity index (χ0v) is 9.60. The number of aryl methyl sites for hydroxylation is 1. The Bertz CT molecular complexity index is 262. The highest BCUT2D eigenvalue weighted by Gasteiger charge is 2.05. The van der Waals surface area contributed by atoms with E-state index in [1.165, 1.54) is 0 Å². The molecular weight excluding hydrogens is 196 g/mol. The van der Waals surface area contributed by atoms with Crippen LogP contribution in [-0.2, 0) is 6.54 Å². The molecule has 0 aliphatic heterocycles. The van der Waals surface area contributed by atoms with Gasteiger partial charge in [0.1, 0.15) is 0 Å². The summed E-state index contributed by atoms with van der Waals surface area (Å²) >= 11 is 1.68. The van der Waals surface area contributed by atoms with Crippen LogP contribution < -0.4 is 5.32 Å². The molecule has 0 bridgehead atoms. The molecule has 0 saturated carbocycles. The normalized spacial score (nSPS) is 13.1. The predicted octanol–water partition coefficient (Wildman–Crippen LogP) is 1.70. The van der Waals surface area contributed by atoms with Crippen LogP contribution in [0.1, 0.15) is 30.5 Å². The van der Waals surface area contributed by atoms with Crippen LogP contribution in [-0.4, -0.2) is 22.7 Å². The minimum absolute atomic E-state index is 0.252. The second-order valence-electron chi connectivity index (χ2n) is 3.36. The largest absolute Gasteiger partial charge is 0.396 e. The lowest BCUT2D eigenvalue weighted by Crippen LogP contribution is -2.28. The van der Waals surface area contributed by atoms with Crippen molar-refractivity contribution < 1.29 is 5.11 Å². The lowest BCUT2D eigenvalue weighted by molar-refractivity contribution is 0.262. The number of aliphatic hydroxyl groups excluding tert-OH is 1. The van der Waals surface area contributed by atoms with Crippen molar-refractivity contribution in [3.8, 4) is 0 Å². The van der Waals surface area contributed by atoms with Crippen LogP contribution in [0.25, 0.3) is 0 Å². The summed E-state index contributed by atoms with van der Waals surface area (Å²) in [5, 5.41) is 15.4. The molecule has 0 aliphatic carbocycles. The van der Waals surface area contributed by atoms with Crippen molar-refractivity contribution in [1.82, 2.24) is 10.3 Å². The quantitative estimate of drug-likeness (QED) is 0.757. The van der Waals surface area contributed by atoms with E-state index in [1.807, 2.05) is 6.92 Å². The summed E-state index contributed by atoms with van der Waals surface area (Å²) in [6.45, 7) is 5.20. The van der Waals surface area contributed by atoms with Crippen molar-refractivity contribution in [1.29, 1.82) is 0 Å². The number of thiazole rings is 1. The van der Waals surface area contributed by atoms with Gasteiger partial charge in [0.05, 0.1) is 10.7 Å². The maximum absolute atomic E-state index is 8.82. The zero-order valence-electron chi connectivity index (χ0n) is 8.79. The second-order valence-corrected chi connectivity index (χ2v) is 4.42. The molecule has 1 rings (SSSR count). The highest BCUT2D eigenvalue weighted by molar-refractivity contribution is 7.09. The average molecular weight is 214 g/mol. The zero-order chi connectivity index (χ0) is 10.4. The van der Waals surface area contributed by atoms with E-state index in [0.29, 0.717) is 6.04 Å². The molecule has 4 heteroatoms. The summed E-state index contributed by atoms with van der Waals surface area (Å²) < 4.78 is 0. The van der Waals surface area contributed by atoms with Gasteiger partial charge >= 0.3 is 0 Å². The Morgan fingerprint density at radius 1 is 1.64 bits per heavy atom. The van der Waals surface area contributed by atoms with E-state index in [9.17, 15) is 0 Å². The van der Waals surface area contributed by atoms with Gasteiger partial charge in [-0.1, -0.05) is 6.92 Å². The molecule has 14 heavy (non-hydrogen) atoms. The Kier molecular flexibility index (Phi) is 5.07. The molecule has 1 aromatic rings. The summed E-state index contributed by atoms with van der Waals surface area (Å²) in [6.07, 6.45) is 1.86. The summed E-state index contributed by atoms with van der Waals surface area (Å²) in [5.41, 5.74) is 1.10. The summed E-state index contributed by atoms with van der Waals surface area (Å²) in [6, 6.07) is 0.405. The maximum Gasteiger partial charge on any atom is 0.0897 e. The Morgan fingerprint density at radius 2 is 2.43 bits per heavy atom. The van der Waals surface area contributed by atoms with E-state index < -0.39 is 0 Å². The third-order valence-corrected chi connectivity index (χ3v) is 3.03. The highest BCUT2D eigenvalue weighted by Crippen LogP contribution is 2.08. The molecule has 1 atom stereocenters. The lowest BCUT2D eigenvalue weighted by Gasteiger charge is -2.14. The molecule has 1 unspecified atom stereocenters. The number of hydrogen-bond acceptors (Lipinski definition) is 4. The van der Waals surface area contributed by atoms with Crippen molar-refractivity contribution in [2.24, 2.45) is 0 Å². The fourth-order valence-corrected chi connectivity index (χ4v) is 1.96. The summed E-state index contributed by atoms with van der Waals surface area (Å²) in [5.74, 6) is 0. The van der Waals surface area contributed by atoms with E-state index in [-0.39, 0.29) is 6.61 Å². The molecule has 2 N–H and O–H groups in total. The topological polar surface area (TPSA) is 45.1 Å². The minimum atomic E-state index is 0.252. The van der Waals surface area contributed by atoms with Gasteiger partial charge in [0.25, 0.3) is 0 Å². The van der Waals surface area contributed by atoms with Gasteiger partial charge in [0.2, 0.25) is 0 Å². The van der Waals surface area contributed by atoms with E-state index in [2.05, 4.69) is 22.6 Å². The minimum Gasteiger partial charge on any atom is -0.396 e. The molecule has 0 amide bonds. The Morgan fingerprint density at radius 3 is 2.93 bits per heavy atom. The molecule has 0 radical (unpaired) electrons. The van der Waals surface area contributed by atoms with Crippen LogP contribution in [0.4, 0.5) is 0 Å². The Labute approximate surface area is 89.2 Å². The van der Waals surface area contributed by atoms with Crippen molar-refractivity contribution in [3.63, 3.8) is 0 Å². The fourth-order valence-electron chi connectivity index (χ4n) is 1.34. The molecule has 80 valence electrons. The summed E-state index contributed by atoms with van der Waals surface area (Å²) in [7, 11) is 0. The molecule has 3 nitrogen and oxygen atoms in total. The number of aliphatic hydroxyl groups is 1. The molecule has 0 aliphatic rings. The van der Waals surface area contributed by atoms with E-state index in [4.69, 9.17) is 5.11 Å². The lowest BCUT2D eigenvalue weighted by atomic mass is 10.1. The smallest absolute Gasteiger partial charge is 0.0897 e. The first-order valence-electron chi connectivity index (χ1n) is 5.01. The molecule has 0 saturated heterocycles. The first-order valence-corrected chi connectivity index (χ1v) is 5.89. The van der Waals surface area contributed by atoms with Gasteiger partial charge in [-0.25, -0.2) is 4.98 Å². The van der Waals surface area contributed by atoms with Gasteiger partial charge in [-0.2, -0.15) is 0 Å². The van der Waals surface area contributed by atoms with Gasteiger partial charge in [0.15, 0.2) is 0 Å². The van der Waals surface area contributed by atoms with Gasteiger partial charge in [-0.3, -0.25) is 0 Å². The third-order valence-electron chi connectivity index (χ3n) is 2.21. The predicted molar refractivity (Wildman–Crippen MR) is 59.5 cm³/mol. The number of rotatable bonds is 6. The van der Waals surface area contributed by atoms with Crippen molar-refractivity contribution in [2.45, 2.75) is 39.3 Å². The number of nitrogens with zero attached hydrogens (tertiary/aromatic N) is 1. The number of nitrogens with one attached hydrogen (secondary N) is 1. The van der Waals surface area contributed by atoms with E-state index in [1.54, 1.807) is 11.3 Å². The molecule has 0 aromatic carbocycles. The fraction of sp³-hybridized carbons (Fsp3) is 0.700. The third kappa shape index (κ3) is 3.74. The molecule has 0 fully saturated rings. The van der Waals surface area contributed by atoms with Crippen molar-refractivity contribution in [2.75, 3.05) is 6.61 Å². The maximum atomic E-state index is 8.82. The molecule has 0 spiro atoms. The van der Waals surface area contributed by atoms with Gasteiger partial charge in [-0.05, 0) is 19.8 Å². The average Bonchev–Trinajstić information content (AvgIpc) is 2.59. The SMILES string of the molecule is CCC(CCO)NCc1csc(C)n1. The first kappa shape index (κ1) is 11.6. The van der Waals surface area contributed by atoms with Crippen LogP contribution in [0, 0.1) is 6.92 Å². The highest BCUT2D eigenvalue weighted by atomic mass is 32.1. The first-order chi connectivity index (χ1) is 6.76. The monoisotopic (exact) mass is 214 g/mol. The van der Waals surface area contributed by atoms with Crippen LogP contribution in [0.5, 0.6) is 0 Å². The Balaban J connectivity index is 2.31. The van der Waals surface area contributed by atoms with E-state index in [0.717, 1.165) is 30.1 Å². The van der Waals surface area contributed by atoms with Crippen molar-refractivity contribution in [3.05, 3.63) is 16.1 Å². The molecular formula is C10H18N2OS. The molecule has 1 heterocycles. The summed E-state index contributed by atoms with van der Waals surface area (Å²) in [4.78, 5) is 4.37. The standard InChI is InChI=1S/C10H18N2OS/c1-3-9(4-5-13)11-6-10-7-14-8(2)12-10/h7,9,11,13H,3-6H2,1-2H3. The van der Waals surface area contributed by atoms with Crippen LogP contribution >= 0.6 is 11.3 Å². The number of aromatic nitrogens is 1. The van der Waals surface area contributed by atoms with Crippen molar-refractivity contribution >= 4 is 11.3 Å². The van der Waals surface area contributed by atoms with Crippen LogP contribution in [0.3, 0.4) is 0 Å². The van der Waals surface area contributed by atoms with Gasteiger partial charge < -0.3 is 10.4 Å².